The maximum atomic E-state index is 9.77. The van der Waals surface area contributed by atoms with E-state index in [0.717, 1.165) is 19.6 Å². The number of hydrogen-bond acceptors (Lipinski definition) is 4. The van der Waals surface area contributed by atoms with Gasteiger partial charge in [-0.2, -0.15) is 0 Å². The highest BCUT2D eigenvalue weighted by Crippen LogP contribution is 2.23. The Hall–Kier alpha value is -0.160. The van der Waals surface area contributed by atoms with E-state index in [0.29, 0.717) is 5.92 Å². The van der Waals surface area contributed by atoms with E-state index in [2.05, 4.69) is 58.5 Å². The summed E-state index contributed by atoms with van der Waals surface area (Å²) in [7, 11) is 4.15. The maximum Gasteiger partial charge on any atom is 0.0602 e. The largest absolute Gasteiger partial charge is 0.395 e. The second-order valence-electron chi connectivity index (χ2n) is 7.33. The summed E-state index contributed by atoms with van der Waals surface area (Å²) in [5, 5.41) is 9.77. The molecule has 4 nitrogen and oxygen atoms in total. The van der Waals surface area contributed by atoms with Crippen LogP contribution in [0.5, 0.6) is 0 Å². The molecule has 0 rings (SSSR count). The molecule has 0 aliphatic rings. The van der Waals surface area contributed by atoms with Crippen LogP contribution in [0.4, 0.5) is 0 Å². The minimum absolute atomic E-state index is 0.000737. The lowest BCUT2D eigenvalue weighted by atomic mass is 9.82. The van der Waals surface area contributed by atoms with Crippen LogP contribution in [0, 0.1) is 11.3 Å². The maximum absolute atomic E-state index is 9.77. The van der Waals surface area contributed by atoms with Crippen LogP contribution < -0.4 is 5.73 Å². The third-order valence-corrected chi connectivity index (χ3v) is 3.50. The van der Waals surface area contributed by atoms with Gasteiger partial charge in [-0.3, -0.25) is 4.90 Å². The first-order chi connectivity index (χ1) is 8.59. The summed E-state index contributed by atoms with van der Waals surface area (Å²) >= 11 is 0. The number of aliphatic hydroxyl groups excluding tert-OH is 1. The minimum Gasteiger partial charge on any atom is -0.395 e. The Bertz CT molecular complexity index is 236. The molecule has 19 heavy (non-hydrogen) atoms. The summed E-state index contributed by atoms with van der Waals surface area (Å²) in [5.74, 6) is 0.573. The van der Waals surface area contributed by atoms with Crippen LogP contribution in [0.2, 0.25) is 0 Å². The van der Waals surface area contributed by atoms with Crippen LogP contribution in [0.15, 0.2) is 0 Å². The predicted molar refractivity (Wildman–Crippen MR) is 83.3 cm³/mol. The Labute approximate surface area is 120 Å². The molecule has 0 aromatic carbocycles. The number of nitrogens with zero attached hydrogens (tertiary/aromatic N) is 2. The molecular formula is C15H35N3O. The Morgan fingerprint density at radius 1 is 1.11 bits per heavy atom. The van der Waals surface area contributed by atoms with Crippen LogP contribution in [0.25, 0.3) is 0 Å². The van der Waals surface area contributed by atoms with Gasteiger partial charge in [-0.05, 0) is 25.4 Å². The molecule has 0 heterocycles. The molecule has 0 aliphatic carbocycles. The Kier molecular flexibility index (Phi) is 8.13. The first kappa shape index (κ1) is 18.8. The van der Waals surface area contributed by atoms with Crippen molar-refractivity contribution < 1.29 is 5.11 Å². The molecule has 0 saturated heterocycles. The first-order valence-electron chi connectivity index (χ1n) is 7.34. The van der Waals surface area contributed by atoms with Crippen molar-refractivity contribution in [3.63, 3.8) is 0 Å². The molecule has 3 N–H and O–H groups in total. The lowest BCUT2D eigenvalue weighted by molar-refractivity contribution is 0.0583. The lowest BCUT2D eigenvalue weighted by Crippen LogP contribution is -2.57. The zero-order valence-electron chi connectivity index (χ0n) is 14.0. The smallest absolute Gasteiger partial charge is 0.0602 e. The number of nitrogens with two attached hydrogens (primary N) is 1. The van der Waals surface area contributed by atoms with E-state index in [1.807, 2.05) is 0 Å². The molecule has 4 heteroatoms. The third kappa shape index (κ3) is 7.25. The summed E-state index contributed by atoms with van der Waals surface area (Å²) in [6.07, 6.45) is 0. The van der Waals surface area contributed by atoms with Gasteiger partial charge in [0.15, 0.2) is 0 Å². The van der Waals surface area contributed by atoms with Gasteiger partial charge < -0.3 is 15.7 Å². The molecule has 0 spiro atoms. The van der Waals surface area contributed by atoms with E-state index in [1.54, 1.807) is 0 Å². The number of likely N-dealkylation sites (N-methyl/N-ethyl adjacent to an activating group) is 1. The van der Waals surface area contributed by atoms with Crippen molar-refractivity contribution in [1.29, 1.82) is 0 Å². The molecule has 116 valence electrons. The van der Waals surface area contributed by atoms with Crippen molar-refractivity contribution in [3.05, 3.63) is 0 Å². The van der Waals surface area contributed by atoms with Crippen molar-refractivity contribution in [3.8, 4) is 0 Å². The molecule has 0 fully saturated rings. The van der Waals surface area contributed by atoms with Crippen molar-refractivity contribution in [2.24, 2.45) is 17.1 Å². The fraction of sp³-hybridized carbons (Fsp3) is 1.00. The average molecular weight is 273 g/mol. The van der Waals surface area contributed by atoms with Gasteiger partial charge in [0.25, 0.3) is 0 Å². The molecule has 0 aromatic rings. The summed E-state index contributed by atoms with van der Waals surface area (Å²) in [5.41, 5.74) is 6.37. The first-order valence-corrected chi connectivity index (χ1v) is 7.34. The van der Waals surface area contributed by atoms with Crippen molar-refractivity contribution in [1.82, 2.24) is 9.80 Å². The molecular weight excluding hydrogens is 238 g/mol. The molecule has 0 amide bonds. The summed E-state index contributed by atoms with van der Waals surface area (Å²) in [6.45, 7) is 13.9. The SMILES string of the molecule is CC(C)CN(CCN(C)C)C(CO)C(N)C(C)(C)C. The van der Waals surface area contributed by atoms with Crippen molar-refractivity contribution in [2.45, 2.75) is 46.7 Å². The van der Waals surface area contributed by atoms with E-state index < -0.39 is 0 Å². The zero-order chi connectivity index (χ0) is 15.2. The summed E-state index contributed by atoms with van der Waals surface area (Å²) in [4.78, 5) is 4.52. The highest BCUT2D eigenvalue weighted by Gasteiger charge is 2.32. The van der Waals surface area contributed by atoms with Crippen molar-refractivity contribution in [2.75, 3.05) is 40.3 Å². The topological polar surface area (TPSA) is 52.7 Å². The van der Waals surface area contributed by atoms with Crippen LogP contribution in [0.3, 0.4) is 0 Å². The molecule has 0 bridgehead atoms. The van der Waals surface area contributed by atoms with Gasteiger partial charge in [0.2, 0.25) is 0 Å². The normalized spacial score (nSPS) is 16.4. The monoisotopic (exact) mass is 273 g/mol. The van der Waals surface area contributed by atoms with Crippen LogP contribution in [-0.2, 0) is 0 Å². The van der Waals surface area contributed by atoms with Crippen LogP contribution >= 0.6 is 0 Å². The predicted octanol–water partition coefficient (Wildman–Crippen LogP) is 1.24. The van der Waals surface area contributed by atoms with Gasteiger partial charge in [0.1, 0.15) is 0 Å². The highest BCUT2D eigenvalue weighted by molar-refractivity contribution is 4.90. The minimum atomic E-state index is -0.0292. The fourth-order valence-corrected chi connectivity index (χ4v) is 2.22. The standard InChI is InChI=1S/C15H35N3O/c1-12(2)10-18(9-8-17(6)7)13(11-19)14(16)15(3,4)5/h12-14,19H,8-11,16H2,1-7H3. The molecule has 0 aliphatic heterocycles. The van der Waals surface area contributed by atoms with Crippen molar-refractivity contribution >= 4 is 0 Å². The number of aliphatic hydroxyl groups is 1. The van der Waals surface area contributed by atoms with Crippen LogP contribution in [-0.4, -0.2) is 67.3 Å². The van der Waals surface area contributed by atoms with Gasteiger partial charge in [-0.1, -0.05) is 34.6 Å². The van der Waals surface area contributed by atoms with Gasteiger partial charge in [0.05, 0.1) is 6.61 Å². The fourth-order valence-electron chi connectivity index (χ4n) is 2.22. The summed E-state index contributed by atoms with van der Waals surface area (Å²) < 4.78 is 0. The molecule has 2 unspecified atom stereocenters. The molecule has 2 atom stereocenters. The molecule has 0 aromatic heterocycles. The van der Waals surface area contributed by atoms with E-state index in [9.17, 15) is 5.11 Å². The molecule has 0 saturated carbocycles. The quantitative estimate of drug-likeness (QED) is 0.699. The molecule has 0 radical (unpaired) electrons. The Morgan fingerprint density at radius 2 is 1.63 bits per heavy atom. The second-order valence-corrected chi connectivity index (χ2v) is 7.33. The van der Waals surface area contributed by atoms with E-state index >= 15 is 0 Å². The van der Waals surface area contributed by atoms with E-state index in [-0.39, 0.29) is 24.1 Å². The van der Waals surface area contributed by atoms with Gasteiger partial charge in [0, 0.05) is 31.7 Å². The summed E-state index contributed by atoms with van der Waals surface area (Å²) in [6, 6.07) is 0.000706. The van der Waals surface area contributed by atoms with E-state index in [1.165, 1.54) is 0 Å². The van der Waals surface area contributed by atoms with Gasteiger partial charge in [-0.15, -0.1) is 0 Å². The second kappa shape index (κ2) is 8.20. The number of hydrogen-bond donors (Lipinski definition) is 2. The number of rotatable bonds is 8. The Balaban J connectivity index is 4.85. The van der Waals surface area contributed by atoms with Gasteiger partial charge >= 0.3 is 0 Å². The zero-order valence-corrected chi connectivity index (χ0v) is 14.0. The third-order valence-electron chi connectivity index (χ3n) is 3.50. The average Bonchev–Trinajstić information content (AvgIpc) is 2.24. The highest BCUT2D eigenvalue weighted by atomic mass is 16.3. The van der Waals surface area contributed by atoms with E-state index in [4.69, 9.17) is 5.73 Å². The Morgan fingerprint density at radius 3 is 1.95 bits per heavy atom. The van der Waals surface area contributed by atoms with Crippen LogP contribution in [0.1, 0.15) is 34.6 Å². The lowest BCUT2D eigenvalue weighted by Gasteiger charge is -2.41. The van der Waals surface area contributed by atoms with Gasteiger partial charge in [-0.25, -0.2) is 0 Å².